The van der Waals surface area contributed by atoms with E-state index in [-0.39, 0.29) is 7.92 Å². The van der Waals surface area contributed by atoms with Crippen molar-refractivity contribution in [2.75, 3.05) is 0 Å². The van der Waals surface area contributed by atoms with Crippen LogP contribution in [0.2, 0.25) is 0 Å². The Morgan fingerprint density at radius 1 is 0.650 bits per heavy atom. The Morgan fingerprint density at radius 3 is 1.55 bits per heavy atom. The summed E-state index contributed by atoms with van der Waals surface area (Å²) in [5.74, 6) is 0. The van der Waals surface area contributed by atoms with Crippen molar-refractivity contribution in [1.29, 1.82) is 0 Å². The van der Waals surface area contributed by atoms with Gasteiger partial charge in [-0.15, -0.1) is 0 Å². The SMILES string of the molecule is C1=CC(P(Cc2ccccc2)Cc2ccccc2)C=C1. The lowest BCUT2D eigenvalue weighted by Gasteiger charge is -2.22. The Bertz CT molecular complexity index is 530. The van der Waals surface area contributed by atoms with Gasteiger partial charge in [-0.2, -0.15) is 0 Å². The quantitative estimate of drug-likeness (QED) is 0.645. The number of hydrogen-bond donors (Lipinski definition) is 0. The first-order valence-corrected chi connectivity index (χ1v) is 8.87. The molecule has 20 heavy (non-hydrogen) atoms. The van der Waals surface area contributed by atoms with Gasteiger partial charge in [-0.05, 0) is 23.5 Å². The zero-order chi connectivity index (χ0) is 13.6. The minimum atomic E-state index is -0.0880. The van der Waals surface area contributed by atoms with Crippen LogP contribution in [0.3, 0.4) is 0 Å². The Kier molecular flexibility index (Phi) is 4.46. The molecule has 2 aromatic rings. The summed E-state index contributed by atoms with van der Waals surface area (Å²) in [5.41, 5.74) is 3.55. The second-order valence-electron chi connectivity index (χ2n) is 5.14. The fourth-order valence-electron chi connectivity index (χ4n) is 2.57. The highest BCUT2D eigenvalue weighted by Gasteiger charge is 2.18. The number of benzene rings is 2. The molecule has 0 aromatic heterocycles. The van der Waals surface area contributed by atoms with Crippen LogP contribution in [-0.4, -0.2) is 5.66 Å². The zero-order valence-electron chi connectivity index (χ0n) is 11.5. The summed E-state index contributed by atoms with van der Waals surface area (Å²) in [5, 5.41) is 0. The topological polar surface area (TPSA) is 0 Å². The van der Waals surface area contributed by atoms with Gasteiger partial charge in [0.25, 0.3) is 0 Å². The van der Waals surface area contributed by atoms with Crippen molar-refractivity contribution in [2.24, 2.45) is 0 Å². The van der Waals surface area contributed by atoms with Gasteiger partial charge >= 0.3 is 0 Å². The number of allylic oxidation sites excluding steroid dienone is 4. The van der Waals surface area contributed by atoms with Crippen LogP contribution in [0.15, 0.2) is 85.0 Å². The monoisotopic (exact) mass is 278 g/mol. The van der Waals surface area contributed by atoms with Crippen LogP contribution in [0.25, 0.3) is 0 Å². The summed E-state index contributed by atoms with van der Waals surface area (Å²) >= 11 is 0. The maximum absolute atomic E-state index is 2.36. The molecule has 3 rings (SSSR count). The first-order valence-electron chi connectivity index (χ1n) is 7.09. The van der Waals surface area contributed by atoms with E-state index in [4.69, 9.17) is 0 Å². The van der Waals surface area contributed by atoms with Crippen LogP contribution >= 0.6 is 7.92 Å². The van der Waals surface area contributed by atoms with Crippen LogP contribution in [0.4, 0.5) is 0 Å². The molecule has 0 bridgehead atoms. The highest BCUT2D eigenvalue weighted by molar-refractivity contribution is 7.57. The molecule has 2 aromatic carbocycles. The number of hydrogen-bond acceptors (Lipinski definition) is 0. The Morgan fingerprint density at radius 2 is 1.10 bits per heavy atom. The van der Waals surface area contributed by atoms with E-state index < -0.39 is 0 Å². The van der Waals surface area contributed by atoms with Gasteiger partial charge in [0.15, 0.2) is 0 Å². The van der Waals surface area contributed by atoms with E-state index >= 15 is 0 Å². The fraction of sp³-hybridized carbons (Fsp3) is 0.158. The van der Waals surface area contributed by atoms with Crippen LogP contribution in [0.1, 0.15) is 11.1 Å². The maximum atomic E-state index is 2.36. The second kappa shape index (κ2) is 6.68. The van der Waals surface area contributed by atoms with Crippen LogP contribution in [0.5, 0.6) is 0 Å². The van der Waals surface area contributed by atoms with Crippen LogP contribution < -0.4 is 0 Å². The molecule has 0 nitrogen and oxygen atoms in total. The molecule has 0 fully saturated rings. The van der Waals surface area contributed by atoms with Crippen molar-refractivity contribution >= 4 is 7.92 Å². The van der Waals surface area contributed by atoms with Gasteiger partial charge in [0.2, 0.25) is 0 Å². The highest BCUT2D eigenvalue weighted by Crippen LogP contribution is 2.50. The van der Waals surface area contributed by atoms with Crippen molar-refractivity contribution in [3.8, 4) is 0 Å². The minimum absolute atomic E-state index is 0.0880. The number of rotatable bonds is 5. The molecule has 0 saturated heterocycles. The molecule has 0 radical (unpaired) electrons. The largest absolute Gasteiger partial charge is 0.0867 e. The van der Waals surface area contributed by atoms with Crippen LogP contribution in [-0.2, 0) is 12.3 Å². The maximum Gasteiger partial charge on any atom is 0.0162 e. The summed E-state index contributed by atoms with van der Waals surface area (Å²) in [6.07, 6.45) is 11.5. The fourth-order valence-corrected chi connectivity index (χ4v) is 5.14. The highest BCUT2D eigenvalue weighted by atomic mass is 31.1. The van der Waals surface area contributed by atoms with Gasteiger partial charge in [-0.25, -0.2) is 0 Å². The lowest BCUT2D eigenvalue weighted by Crippen LogP contribution is -2.01. The average molecular weight is 278 g/mol. The molecule has 0 amide bonds. The van der Waals surface area contributed by atoms with Gasteiger partial charge in [-0.3, -0.25) is 0 Å². The van der Waals surface area contributed by atoms with E-state index in [0.717, 1.165) is 0 Å². The van der Waals surface area contributed by atoms with Crippen molar-refractivity contribution in [1.82, 2.24) is 0 Å². The third-order valence-corrected chi connectivity index (χ3v) is 6.34. The standard InChI is InChI=1S/C19H19P/c1-3-9-17(10-4-1)15-20(19-13-7-8-14-19)16-18-11-5-2-6-12-18/h1-14,19H,15-16H2. The van der Waals surface area contributed by atoms with Gasteiger partial charge in [-0.1, -0.05) is 92.9 Å². The lowest BCUT2D eigenvalue weighted by atomic mass is 10.2. The van der Waals surface area contributed by atoms with Crippen molar-refractivity contribution in [2.45, 2.75) is 18.0 Å². The van der Waals surface area contributed by atoms with E-state index in [1.807, 2.05) is 0 Å². The molecule has 0 heterocycles. The van der Waals surface area contributed by atoms with Crippen molar-refractivity contribution in [3.63, 3.8) is 0 Å². The molecule has 0 atom stereocenters. The average Bonchev–Trinajstić information content (AvgIpc) is 3.03. The summed E-state index contributed by atoms with van der Waals surface area (Å²) in [4.78, 5) is 0. The van der Waals surface area contributed by atoms with Gasteiger partial charge in [0.1, 0.15) is 0 Å². The van der Waals surface area contributed by atoms with E-state index in [0.29, 0.717) is 5.66 Å². The third-order valence-electron chi connectivity index (χ3n) is 3.61. The Labute approximate surface area is 122 Å². The molecule has 100 valence electrons. The second-order valence-corrected chi connectivity index (χ2v) is 7.54. The molecule has 0 unspecified atom stereocenters. The van der Waals surface area contributed by atoms with E-state index in [1.54, 1.807) is 0 Å². The molecule has 0 aliphatic heterocycles. The van der Waals surface area contributed by atoms with Crippen LogP contribution in [0, 0.1) is 0 Å². The zero-order valence-corrected chi connectivity index (χ0v) is 12.4. The Hall–Kier alpha value is -1.65. The predicted molar refractivity (Wildman–Crippen MR) is 89.3 cm³/mol. The van der Waals surface area contributed by atoms with Crippen molar-refractivity contribution < 1.29 is 0 Å². The molecular weight excluding hydrogens is 259 g/mol. The summed E-state index contributed by atoms with van der Waals surface area (Å²) in [7, 11) is -0.0880. The lowest BCUT2D eigenvalue weighted by molar-refractivity contribution is 1.26. The van der Waals surface area contributed by atoms with Gasteiger partial charge in [0, 0.05) is 5.66 Å². The molecule has 0 spiro atoms. The first-order chi connectivity index (χ1) is 9.92. The molecule has 0 N–H and O–H groups in total. The van der Waals surface area contributed by atoms with E-state index in [9.17, 15) is 0 Å². The van der Waals surface area contributed by atoms with E-state index in [1.165, 1.54) is 23.5 Å². The van der Waals surface area contributed by atoms with E-state index in [2.05, 4.69) is 85.0 Å². The summed E-state index contributed by atoms with van der Waals surface area (Å²) in [6, 6.07) is 21.8. The van der Waals surface area contributed by atoms with Gasteiger partial charge < -0.3 is 0 Å². The predicted octanol–water partition coefficient (Wildman–Crippen LogP) is 5.36. The normalized spacial score (nSPS) is 14.2. The molecule has 0 saturated carbocycles. The summed E-state index contributed by atoms with van der Waals surface area (Å²) in [6.45, 7) is 0. The molecule has 1 heteroatoms. The molecule has 1 aliphatic rings. The smallest absolute Gasteiger partial charge is 0.0162 e. The van der Waals surface area contributed by atoms with Crippen molar-refractivity contribution in [3.05, 3.63) is 96.1 Å². The first kappa shape index (κ1) is 13.3. The summed E-state index contributed by atoms with van der Waals surface area (Å²) < 4.78 is 0. The Balaban J connectivity index is 1.77. The molecular formula is C19H19P. The van der Waals surface area contributed by atoms with Gasteiger partial charge in [0.05, 0.1) is 0 Å². The third kappa shape index (κ3) is 3.46. The molecule has 1 aliphatic carbocycles. The minimum Gasteiger partial charge on any atom is -0.0867 e.